The van der Waals surface area contributed by atoms with Gasteiger partial charge in [-0.15, -0.1) is 0 Å². The van der Waals surface area contributed by atoms with Gasteiger partial charge in [0.05, 0.1) is 18.8 Å². The number of aliphatic hydroxyl groups is 6. The molecule has 0 aromatic rings. The van der Waals surface area contributed by atoms with Crippen molar-refractivity contribution in [2.75, 3.05) is 13.2 Å². The van der Waals surface area contributed by atoms with E-state index >= 15 is 0 Å². The molecule has 1 aliphatic carbocycles. The normalized spacial score (nSPS) is 22.9. The Labute approximate surface area is 408 Å². The summed E-state index contributed by atoms with van der Waals surface area (Å²) in [5.74, 6) is -1.51. The molecule has 9 N–H and O–H groups in total. The summed E-state index contributed by atoms with van der Waals surface area (Å²) in [4.78, 5) is 54.3. The summed E-state index contributed by atoms with van der Waals surface area (Å²) in [6.07, 6.45) is 27.1. The third-order valence-electron chi connectivity index (χ3n) is 10.3. The zero-order valence-corrected chi connectivity index (χ0v) is 42.0. The van der Waals surface area contributed by atoms with Crippen LogP contribution >= 0.6 is 15.6 Å². The molecule has 0 heterocycles. The molecule has 1 fully saturated rings. The Morgan fingerprint density at radius 1 is 0.536 bits per heavy atom. The van der Waals surface area contributed by atoms with Crippen LogP contribution in [0.1, 0.15) is 129 Å². The Bertz CT molecular complexity index is 1740. The second-order valence-corrected chi connectivity index (χ2v) is 19.1. The topological polar surface area (TPSA) is 296 Å². The van der Waals surface area contributed by atoms with Crippen LogP contribution in [0.2, 0.25) is 0 Å². The molecule has 0 amide bonds. The highest BCUT2D eigenvalue weighted by molar-refractivity contribution is 7.47. The lowest BCUT2D eigenvalue weighted by atomic mass is 9.85. The van der Waals surface area contributed by atoms with Gasteiger partial charge in [-0.1, -0.05) is 143 Å². The summed E-state index contributed by atoms with van der Waals surface area (Å²) >= 11 is 0. The molecule has 5 unspecified atom stereocenters. The molecule has 1 saturated carbocycles. The Morgan fingerprint density at radius 2 is 1.01 bits per heavy atom. The lowest BCUT2D eigenvalue weighted by molar-refractivity contribution is -0.216. The Kier molecular flexibility index (Phi) is 35.6. The van der Waals surface area contributed by atoms with Crippen LogP contribution in [0.25, 0.3) is 0 Å². The molecule has 394 valence electrons. The van der Waals surface area contributed by atoms with E-state index in [1.807, 2.05) is 42.5 Å². The summed E-state index contributed by atoms with van der Waals surface area (Å²) in [6, 6.07) is 0. The number of rotatable bonds is 38. The van der Waals surface area contributed by atoms with E-state index < -0.39 is 95.7 Å². The van der Waals surface area contributed by atoms with Crippen LogP contribution in [-0.4, -0.2) is 125 Å². The molecule has 18 nitrogen and oxygen atoms in total. The molecule has 10 atom stereocenters. The summed E-state index contributed by atoms with van der Waals surface area (Å²) in [5, 5.41) is 61.5. The van der Waals surface area contributed by atoms with Gasteiger partial charge in [0.15, 0.2) is 6.10 Å². The highest BCUT2D eigenvalue weighted by Crippen LogP contribution is 2.49. The molecule has 1 aliphatic rings. The molecule has 0 spiro atoms. The van der Waals surface area contributed by atoms with Crippen LogP contribution in [-0.2, 0) is 41.8 Å². The minimum absolute atomic E-state index is 0.0870. The van der Waals surface area contributed by atoms with Crippen molar-refractivity contribution in [3.05, 3.63) is 97.2 Å². The maximum Gasteiger partial charge on any atom is 0.472 e. The lowest BCUT2D eigenvalue weighted by Crippen LogP contribution is -2.64. The van der Waals surface area contributed by atoms with Gasteiger partial charge in [0.1, 0.15) is 43.2 Å². The first-order valence-electron chi connectivity index (χ1n) is 24.0. The average molecular weight is 1020 g/mol. The highest BCUT2D eigenvalue weighted by Gasteiger charge is 2.54. The van der Waals surface area contributed by atoms with Crippen molar-refractivity contribution in [3.8, 4) is 0 Å². The number of unbranched alkanes of at least 4 members (excludes halogenated alkanes) is 6. The van der Waals surface area contributed by atoms with Gasteiger partial charge in [0.2, 0.25) is 0 Å². The minimum atomic E-state index is -5.40. The molecule has 1 rings (SSSR count). The van der Waals surface area contributed by atoms with E-state index in [9.17, 15) is 64.0 Å². The number of allylic oxidation sites excluding steroid dienone is 14. The highest BCUT2D eigenvalue weighted by atomic mass is 31.2. The first-order valence-corrected chi connectivity index (χ1v) is 27.0. The van der Waals surface area contributed by atoms with Gasteiger partial charge in [-0.3, -0.25) is 23.2 Å². The molecule has 0 radical (unpaired) electrons. The SMILES string of the molecule is CCCCC/C=C\C/C=C\C/C=C\C/C=C\CCCC(=O)O[C@H](COC(=O)CCC[C@@H](O)/C=C/C=C\C/C=C\C=C\[C@@H](O)CCCCC)COP(=O)(O)O[C@H]1C(O)C(O)C(O)[C@@H](OP(=O)(O)O)C1O. The van der Waals surface area contributed by atoms with Crippen molar-refractivity contribution in [2.24, 2.45) is 0 Å². The van der Waals surface area contributed by atoms with Gasteiger partial charge < -0.3 is 54.8 Å². The van der Waals surface area contributed by atoms with Gasteiger partial charge in [0.25, 0.3) is 0 Å². The van der Waals surface area contributed by atoms with E-state index in [-0.39, 0.29) is 25.7 Å². The second-order valence-electron chi connectivity index (χ2n) is 16.5. The van der Waals surface area contributed by atoms with Gasteiger partial charge in [-0.05, 0) is 70.6 Å². The van der Waals surface area contributed by atoms with Crippen molar-refractivity contribution in [1.29, 1.82) is 0 Å². The third kappa shape index (κ3) is 33.2. The van der Waals surface area contributed by atoms with Gasteiger partial charge in [-0.2, -0.15) is 0 Å². The number of phosphoric ester groups is 2. The summed E-state index contributed by atoms with van der Waals surface area (Å²) < 4.78 is 49.1. The maximum absolute atomic E-state index is 13.0. The number of hydrogen-bond acceptors (Lipinski definition) is 15. The molecule has 69 heavy (non-hydrogen) atoms. The number of carbonyl (C=O) groups excluding carboxylic acids is 2. The largest absolute Gasteiger partial charge is 0.472 e. The van der Waals surface area contributed by atoms with Crippen LogP contribution in [0.15, 0.2) is 97.2 Å². The van der Waals surface area contributed by atoms with Crippen LogP contribution in [0.4, 0.5) is 0 Å². The summed E-state index contributed by atoms with van der Waals surface area (Å²) in [5.41, 5.74) is 0. The van der Waals surface area contributed by atoms with Gasteiger partial charge in [-0.25, -0.2) is 9.13 Å². The van der Waals surface area contributed by atoms with Crippen molar-refractivity contribution >= 4 is 27.6 Å². The third-order valence-corrected chi connectivity index (χ3v) is 11.8. The molecule has 0 aromatic carbocycles. The van der Waals surface area contributed by atoms with Gasteiger partial charge >= 0.3 is 27.6 Å². The minimum Gasteiger partial charge on any atom is -0.462 e. The number of hydrogen-bond donors (Lipinski definition) is 9. The van der Waals surface area contributed by atoms with E-state index in [1.54, 1.807) is 24.3 Å². The Morgan fingerprint density at radius 3 is 1.57 bits per heavy atom. The zero-order valence-electron chi connectivity index (χ0n) is 40.2. The molecule has 0 bridgehead atoms. The average Bonchev–Trinajstić information content (AvgIpc) is 3.29. The maximum atomic E-state index is 13.0. The number of phosphoric acid groups is 2. The van der Waals surface area contributed by atoms with E-state index in [0.29, 0.717) is 25.7 Å². The van der Waals surface area contributed by atoms with Crippen molar-refractivity contribution < 1.29 is 87.1 Å². The fourth-order valence-corrected chi connectivity index (χ4v) is 8.06. The van der Waals surface area contributed by atoms with Gasteiger partial charge in [0, 0.05) is 12.8 Å². The summed E-state index contributed by atoms with van der Waals surface area (Å²) in [7, 11) is -10.8. The molecular formula is C49H80O18P2. The van der Waals surface area contributed by atoms with Crippen molar-refractivity contribution in [1.82, 2.24) is 0 Å². The summed E-state index contributed by atoms with van der Waals surface area (Å²) in [6.45, 7) is 2.73. The standard InChI is InChI=1S/C49H80O18P2/c1-3-5-7-8-9-10-11-12-13-14-15-16-17-18-22-25-29-35-43(53)65-41(38-64-69(61,62)67-49-46(56)44(54)45(55)48(47(49)57)66-68(58,59)60)37-63-42(52)36-30-34-40(51)33-28-24-21-19-20-23-27-32-39(50)31-26-6-4-2/h9-10,12-13,15-16,18,20-24,27-28,32-33,39-41,44-51,54-57H,3-8,11,14,17,19,25-26,29-31,34-38H2,1-2H3,(H,61,62)(H2,58,59,60)/b10-9-,13-12-,16-15-,22-18-,23-20-,24-21-,32-27+,33-28+/t39-,40-,41+,44?,45?,46?,47?,48+,49-/m0/s1. The first kappa shape index (κ1) is 63.9. The molecule has 0 aliphatic heterocycles. The van der Waals surface area contributed by atoms with Crippen molar-refractivity contribution in [2.45, 2.75) is 184 Å². The second kappa shape index (κ2) is 38.5. The lowest BCUT2D eigenvalue weighted by Gasteiger charge is -2.43. The molecular weight excluding hydrogens is 938 g/mol. The Balaban J connectivity index is 2.74. The molecule has 0 saturated heterocycles. The van der Waals surface area contributed by atoms with E-state index in [0.717, 1.165) is 44.9 Å². The van der Waals surface area contributed by atoms with E-state index in [1.165, 1.54) is 19.3 Å². The fourth-order valence-electron chi connectivity index (χ4n) is 6.52. The number of carbonyl (C=O) groups is 2. The van der Waals surface area contributed by atoms with E-state index in [4.69, 9.17) is 18.5 Å². The molecule has 20 heteroatoms. The van der Waals surface area contributed by atoms with Crippen molar-refractivity contribution in [3.63, 3.8) is 0 Å². The quantitative estimate of drug-likeness (QED) is 0.00978. The Hall–Kier alpha value is -3.16. The van der Waals surface area contributed by atoms with E-state index in [2.05, 4.69) is 48.8 Å². The van der Waals surface area contributed by atoms with Crippen LogP contribution in [0.3, 0.4) is 0 Å². The molecule has 0 aromatic heterocycles. The fraction of sp³-hybridized carbons (Fsp3) is 0.633. The predicted molar refractivity (Wildman–Crippen MR) is 262 cm³/mol. The smallest absolute Gasteiger partial charge is 0.462 e. The number of aliphatic hydroxyl groups excluding tert-OH is 6. The monoisotopic (exact) mass is 1020 g/mol. The number of esters is 2. The van der Waals surface area contributed by atoms with Crippen LogP contribution in [0.5, 0.6) is 0 Å². The first-order chi connectivity index (χ1) is 32.9. The van der Waals surface area contributed by atoms with Crippen LogP contribution < -0.4 is 0 Å². The number of ether oxygens (including phenoxy) is 2. The van der Waals surface area contributed by atoms with Crippen LogP contribution in [0, 0.1) is 0 Å². The predicted octanol–water partition coefficient (Wildman–Crippen LogP) is 7.11. The zero-order chi connectivity index (χ0) is 51.3.